The number of likely N-dealkylation sites (N-methyl/N-ethyl adjacent to an activating group) is 1. The molecule has 5 heteroatoms. The third-order valence-electron chi connectivity index (χ3n) is 5.43. The van der Waals surface area contributed by atoms with Crippen LogP contribution in [-0.4, -0.2) is 36.1 Å². The molecule has 4 rings (SSSR count). The standard InChI is InChI=1S/C26H26N2O3/c1-3-28(25(29)18-31-21-9-5-4-6-10-21)26(19-13-15-20(30-2)16-14-19)23-17-27-24-12-8-7-11-22(23)24/h4-17,26-27H,3,18H2,1-2H3/t26-/m1/s1. The van der Waals surface area contributed by atoms with E-state index in [1.54, 1.807) is 7.11 Å². The molecule has 3 aromatic carbocycles. The van der Waals surface area contributed by atoms with Crippen LogP contribution in [0.15, 0.2) is 85.1 Å². The Morgan fingerprint density at radius 2 is 1.65 bits per heavy atom. The zero-order valence-corrected chi connectivity index (χ0v) is 17.7. The minimum Gasteiger partial charge on any atom is -0.497 e. The maximum absolute atomic E-state index is 13.3. The molecule has 1 atom stereocenters. The summed E-state index contributed by atoms with van der Waals surface area (Å²) in [6.07, 6.45) is 1.99. The van der Waals surface area contributed by atoms with Gasteiger partial charge in [0.15, 0.2) is 6.61 Å². The Balaban J connectivity index is 1.70. The highest BCUT2D eigenvalue weighted by molar-refractivity contribution is 5.86. The highest BCUT2D eigenvalue weighted by Crippen LogP contribution is 2.34. The predicted octanol–water partition coefficient (Wildman–Crippen LogP) is 5.19. The van der Waals surface area contributed by atoms with E-state index in [1.807, 2.05) is 90.8 Å². The van der Waals surface area contributed by atoms with Crippen LogP contribution >= 0.6 is 0 Å². The van der Waals surface area contributed by atoms with E-state index in [-0.39, 0.29) is 18.6 Å². The van der Waals surface area contributed by atoms with Gasteiger partial charge in [0, 0.05) is 29.2 Å². The number of aromatic amines is 1. The van der Waals surface area contributed by atoms with Crippen LogP contribution in [0.3, 0.4) is 0 Å². The summed E-state index contributed by atoms with van der Waals surface area (Å²) in [6.45, 7) is 2.52. The van der Waals surface area contributed by atoms with Gasteiger partial charge in [0.25, 0.3) is 5.91 Å². The fourth-order valence-corrected chi connectivity index (χ4v) is 3.88. The second-order valence-electron chi connectivity index (χ2n) is 7.25. The Morgan fingerprint density at radius 1 is 0.935 bits per heavy atom. The van der Waals surface area contributed by atoms with Crippen LogP contribution in [0.2, 0.25) is 0 Å². The smallest absolute Gasteiger partial charge is 0.261 e. The molecule has 0 saturated carbocycles. The van der Waals surface area contributed by atoms with E-state index in [2.05, 4.69) is 11.1 Å². The van der Waals surface area contributed by atoms with Crippen LogP contribution < -0.4 is 9.47 Å². The predicted molar refractivity (Wildman–Crippen MR) is 122 cm³/mol. The summed E-state index contributed by atoms with van der Waals surface area (Å²) in [4.78, 5) is 18.5. The van der Waals surface area contributed by atoms with Gasteiger partial charge in [0.05, 0.1) is 13.2 Å². The highest BCUT2D eigenvalue weighted by atomic mass is 16.5. The lowest BCUT2D eigenvalue weighted by Gasteiger charge is -2.31. The molecule has 31 heavy (non-hydrogen) atoms. The summed E-state index contributed by atoms with van der Waals surface area (Å²) in [5.41, 5.74) is 3.11. The quantitative estimate of drug-likeness (QED) is 0.431. The number of nitrogens with zero attached hydrogens (tertiary/aromatic N) is 1. The molecule has 1 N–H and O–H groups in total. The highest BCUT2D eigenvalue weighted by Gasteiger charge is 2.28. The fourth-order valence-electron chi connectivity index (χ4n) is 3.88. The Labute approximate surface area is 182 Å². The van der Waals surface area contributed by atoms with E-state index in [0.717, 1.165) is 27.8 Å². The number of ether oxygens (including phenoxy) is 2. The molecule has 0 aliphatic heterocycles. The van der Waals surface area contributed by atoms with E-state index in [0.29, 0.717) is 12.3 Å². The maximum atomic E-state index is 13.3. The molecular weight excluding hydrogens is 388 g/mol. The number of carbonyl (C=O) groups is 1. The minimum atomic E-state index is -0.251. The second-order valence-corrected chi connectivity index (χ2v) is 7.25. The van der Waals surface area contributed by atoms with Gasteiger partial charge in [-0.05, 0) is 42.8 Å². The van der Waals surface area contributed by atoms with Crippen molar-refractivity contribution < 1.29 is 14.3 Å². The lowest BCUT2D eigenvalue weighted by molar-refractivity contribution is -0.134. The Morgan fingerprint density at radius 3 is 2.35 bits per heavy atom. The molecule has 0 radical (unpaired) electrons. The average Bonchev–Trinajstić information content (AvgIpc) is 3.25. The number of amides is 1. The summed E-state index contributed by atoms with van der Waals surface area (Å²) in [6, 6.07) is 25.2. The van der Waals surface area contributed by atoms with Gasteiger partial charge < -0.3 is 19.4 Å². The van der Waals surface area contributed by atoms with Crippen molar-refractivity contribution in [2.45, 2.75) is 13.0 Å². The molecule has 0 bridgehead atoms. The van der Waals surface area contributed by atoms with Gasteiger partial charge >= 0.3 is 0 Å². The van der Waals surface area contributed by atoms with E-state index in [1.165, 1.54) is 0 Å². The number of methoxy groups -OCH3 is 1. The number of nitrogens with one attached hydrogen (secondary N) is 1. The van der Waals surface area contributed by atoms with Gasteiger partial charge in [-0.3, -0.25) is 4.79 Å². The van der Waals surface area contributed by atoms with Crippen molar-refractivity contribution in [3.63, 3.8) is 0 Å². The first-order valence-electron chi connectivity index (χ1n) is 10.4. The largest absolute Gasteiger partial charge is 0.497 e. The molecule has 4 aromatic rings. The van der Waals surface area contributed by atoms with Gasteiger partial charge in [-0.15, -0.1) is 0 Å². The Kier molecular flexibility index (Phi) is 6.22. The van der Waals surface area contributed by atoms with Gasteiger partial charge in [-0.25, -0.2) is 0 Å². The molecule has 158 valence electrons. The number of carbonyl (C=O) groups excluding carboxylic acids is 1. The molecular formula is C26H26N2O3. The van der Waals surface area contributed by atoms with Crippen LogP contribution in [0, 0.1) is 0 Å². The number of rotatable bonds is 8. The van der Waals surface area contributed by atoms with Crippen LogP contribution in [0.4, 0.5) is 0 Å². The molecule has 1 heterocycles. The van der Waals surface area contributed by atoms with Crippen LogP contribution in [0.1, 0.15) is 24.1 Å². The van der Waals surface area contributed by atoms with Gasteiger partial charge in [0.1, 0.15) is 11.5 Å². The summed E-state index contributed by atoms with van der Waals surface area (Å²) < 4.78 is 11.1. The van der Waals surface area contributed by atoms with E-state index >= 15 is 0 Å². The topological polar surface area (TPSA) is 54.6 Å². The lowest BCUT2D eigenvalue weighted by Crippen LogP contribution is -2.38. The van der Waals surface area contributed by atoms with Crippen molar-refractivity contribution in [3.8, 4) is 11.5 Å². The number of hydrogen-bond acceptors (Lipinski definition) is 3. The first-order valence-corrected chi connectivity index (χ1v) is 10.4. The van der Waals surface area contributed by atoms with Crippen molar-refractivity contribution in [3.05, 3.63) is 96.2 Å². The summed E-state index contributed by atoms with van der Waals surface area (Å²) >= 11 is 0. The third-order valence-corrected chi connectivity index (χ3v) is 5.43. The molecule has 0 spiro atoms. The minimum absolute atomic E-state index is 0.0210. The van der Waals surface area contributed by atoms with Crippen molar-refractivity contribution in [2.24, 2.45) is 0 Å². The molecule has 5 nitrogen and oxygen atoms in total. The molecule has 0 aliphatic carbocycles. The first kappa shape index (κ1) is 20.5. The molecule has 0 unspecified atom stereocenters. The molecule has 0 saturated heterocycles. The van der Waals surface area contributed by atoms with Gasteiger partial charge in [-0.2, -0.15) is 0 Å². The number of fused-ring (bicyclic) bond motifs is 1. The normalized spacial score (nSPS) is 11.8. The van der Waals surface area contributed by atoms with Crippen LogP contribution in [-0.2, 0) is 4.79 Å². The van der Waals surface area contributed by atoms with Crippen molar-refractivity contribution in [1.29, 1.82) is 0 Å². The number of benzene rings is 3. The molecule has 1 aromatic heterocycles. The fraction of sp³-hybridized carbons (Fsp3) is 0.192. The van der Waals surface area contributed by atoms with Crippen LogP contribution in [0.25, 0.3) is 10.9 Å². The molecule has 0 aliphatic rings. The monoisotopic (exact) mass is 414 g/mol. The van der Waals surface area contributed by atoms with E-state index in [4.69, 9.17) is 9.47 Å². The molecule has 1 amide bonds. The SMILES string of the molecule is CCN(C(=O)COc1ccccc1)[C@H](c1ccc(OC)cc1)c1c[nH]c2ccccc12. The van der Waals surface area contributed by atoms with Crippen molar-refractivity contribution >= 4 is 16.8 Å². The van der Waals surface area contributed by atoms with Crippen molar-refractivity contribution in [1.82, 2.24) is 9.88 Å². The Bertz CT molecular complexity index is 1140. The number of hydrogen-bond donors (Lipinski definition) is 1. The second kappa shape index (κ2) is 9.39. The summed E-state index contributed by atoms with van der Waals surface area (Å²) in [5, 5.41) is 1.10. The number of para-hydroxylation sites is 2. The maximum Gasteiger partial charge on any atom is 0.261 e. The third kappa shape index (κ3) is 4.40. The van der Waals surface area contributed by atoms with Gasteiger partial charge in [0.2, 0.25) is 0 Å². The lowest BCUT2D eigenvalue weighted by atomic mass is 9.96. The van der Waals surface area contributed by atoms with E-state index < -0.39 is 0 Å². The van der Waals surface area contributed by atoms with Crippen LogP contribution in [0.5, 0.6) is 11.5 Å². The van der Waals surface area contributed by atoms with E-state index in [9.17, 15) is 4.79 Å². The van der Waals surface area contributed by atoms with Gasteiger partial charge in [-0.1, -0.05) is 48.5 Å². The zero-order valence-electron chi connectivity index (χ0n) is 17.7. The zero-order chi connectivity index (χ0) is 21.6. The summed E-state index contributed by atoms with van der Waals surface area (Å²) in [5.74, 6) is 1.39. The Hall–Kier alpha value is -3.73. The van der Waals surface area contributed by atoms with Crippen molar-refractivity contribution in [2.75, 3.05) is 20.3 Å². The average molecular weight is 415 g/mol. The number of H-pyrrole nitrogens is 1. The number of aromatic nitrogens is 1. The molecule has 0 fully saturated rings. The summed E-state index contributed by atoms with van der Waals surface area (Å²) in [7, 11) is 1.65. The first-order chi connectivity index (χ1) is 15.2.